The molecule has 0 aromatic heterocycles. The fourth-order valence-corrected chi connectivity index (χ4v) is 2.99. The number of hydrogen-bond acceptors (Lipinski definition) is 1. The van der Waals surface area contributed by atoms with Crippen LogP contribution in [-0.4, -0.2) is 12.6 Å². The second-order valence-corrected chi connectivity index (χ2v) is 6.45. The molecule has 0 radical (unpaired) electrons. The zero-order valence-electron chi connectivity index (χ0n) is 13.2. The maximum atomic E-state index is 12.0. The monoisotopic (exact) mass is 360 g/mol. The van der Waals surface area contributed by atoms with E-state index in [1.807, 2.05) is 26.0 Å². The van der Waals surface area contributed by atoms with Crippen molar-refractivity contribution in [2.45, 2.75) is 27.2 Å². The molecule has 0 fully saturated rings. The molecule has 0 atom stereocenters. The molecule has 0 aliphatic heterocycles. The molecule has 0 saturated carbocycles. The molecule has 0 spiro atoms. The number of benzene rings is 2. The molecular weight excluding hydrogens is 340 g/mol. The van der Waals surface area contributed by atoms with Gasteiger partial charge in [0.2, 0.25) is 0 Å². The molecule has 2 N–H and O–H groups in total. The standard InChI is InChI=1S/C18H21BrN2O/c1-12-9-13(2)17(14(3)10-12)21-18(22)20-8-7-15-5-4-6-16(19)11-15/h4-6,9-11H,7-8H2,1-3H3,(H2,20,21,22). The SMILES string of the molecule is Cc1cc(C)c(NC(=O)NCCc2cccc(Br)c2)c(C)c1. The van der Waals surface area contributed by atoms with E-state index >= 15 is 0 Å². The Balaban J connectivity index is 1.89. The third-order valence-corrected chi connectivity index (χ3v) is 4.00. The number of anilines is 1. The van der Waals surface area contributed by atoms with Crippen LogP contribution < -0.4 is 10.6 Å². The first-order valence-corrected chi connectivity index (χ1v) is 8.12. The minimum Gasteiger partial charge on any atom is -0.338 e. The Morgan fingerprint density at radius 2 is 1.77 bits per heavy atom. The van der Waals surface area contributed by atoms with Crippen molar-refractivity contribution in [3.63, 3.8) is 0 Å². The van der Waals surface area contributed by atoms with Gasteiger partial charge in [0.25, 0.3) is 0 Å². The minimum absolute atomic E-state index is 0.162. The zero-order valence-corrected chi connectivity index (χ0v) is 14.8. The third-order valence-electron chi connectivity index (χ3n) is 3.50. The van der Waals surface area contributed by atoms with E-state index in [1.54, 1.807) is 0 Å². The van der Waals surface area contributed by atoms with Crippen molar-refractivity contribution in [3.05, 3.63) is 63.1 Å². The van der Waals surface area contributed by atoms with E-state index in [-0.39, 0.29) is 6.03 Å². The van der Waals surface area contributed by atoms with Crippen LogP contribution in [0.4, 0.5) is 10.5 Å². The van der Waals surface area contributed by atoms with Crippen molar-refractivity contribution in [1.29, 1.82) is 0 Å². The topological polar surface area (TPSA) is 41.1 Å². The Hall–Kier alpha value is -1.81. The Morgan fingerprint density at radius 1 is 1.09 bits per heavy atom. The number of carbonyl (C=O) groups excluding carboxylic acids is 1. The highest BCUT2D eigenvalue weighted by Gasteiger charge is 2.07. The van der Waals surface area contributed by atoms with Gasteiger partial charge in [-0.05, 0) is 56.0 Å². The van der Waals surface area contributed by atoms with Crippen LogP contribution in [0.5, 0.6) is 0 Å². The van der Waals surface area contributed by atoms with E-state index < -0.39 is 0 Å². The molecule has 0 aliphatic carbocycles. The molecule has 2 rings (SSSR count). The van der Waals surface area contributed by atoms with Gasteiger partial charge in [-0.15, -0.1) is 0 Å². The molecule has 116 valence electrons. The average Bonchev–Trinajstić information content (AvgIpc) is 2.43. The first-order chi connectivity index (χ1) is 10.5. The lowest BCUT2D eigenvalue weighted by molar-refractivity contribution is 0.252. The second kappa shape index (κ2) is 7.45. The summed E-state index contributed by atoms with van der Waals surface area (Å²) in [4.78, 5) is 12.0. The van der Waals surface area contributed by atoms with Crippen molar-refractivity contribution in [3.8, 4) is 0 Å². The molecular formula is C18H21BrN2O. The summed E-state index contributed by atoms with van der Waals surface area (Å²) in [5.41, 5.74) is 5.46. The number of carbonyl (C=O) groups is 1. The van der Waals surface area contributed by atoms with Crippen molar-refractivity contribution in [1.82, 2.24) is 5.32 Å². The van der Waals surface area contributed by atoms with Crippen molar-refractivity contribution in [2.75, 3.05) is 11.9 Å². The fraction of sp³-hybridized carbons (Fsp3) is 0.278. The largest absolute Gasteiger partial charge is 0.338 e. The second-order valence-electron chi connectivity index (χ2n) is 5.53. The van der Waals surface area contributed by atoms with Crippen LogP contribution in [0.2, 0.25) is 0 Å². The van der Waals surface area contributed by atoms with Crippen LogP contribution >= 0.6 is 15.9 Å². The normalized spacial score (nSPS) is 10.4. The molecule has 2 amide bonds. The highest BCUT2D eigenvalue weighted by molar-refractivity contribution is 9.10. The van der Waals surface area contributed by atoms with Gasteiger partial charge >= 0.3 is 6.03 Å². The van der Waals surface area contributed by atoms with Crippen molar-refractivity contribution >= 4 is 27.6 Å². The lowest BCUT2D eigenvalue weighted by Crippen LogP contribution is -2.31. The molecule has 0 unspecified atom stereocenters. The third kappa shape index (κ3) is 4.60. The van der Waals surface area contributed by atoms with Gasteiger partial charge in [-0.3, -0.25) is 0 Å². The van der Waals surface area contributed by atoms with Gasteiger partial charge in [0.15, 0.2) is 0 Å². The number of halogens is 1. The van der Waals surface area contributed by atoms with Crippen LogP contribution in [0.25, 0.3) is 0 Å². The minimum atomic E-state index is -0.162. The van der Waals surface area contributed by atoms with E-state index in [2.05, 4.69) is 57.8 Å². The number of rotatable bonds is 4. The van der Waals surface area contributed by atoms with Gasteiger partial charge in [-0.1, -0.05) is 45.8 Å². The van der Waals surface area contributed by atoms with Crippen LogP contribution in [-0.2, 0) is 6.42 Å². The quantitative estimate of drug-likeness (QED) is 0.812. The van der Waals surface area contributed by atoms with Crippen molar-refractivity contribution < 1.29 is 4.79 Å². The summed E-state index contributed by atoms with van der Waals surface area (Å²) in [7, 11) is 0. The summed E-state index contributed by atoms with van der Waals surface area (Å²) in [6, 6.07) is 12.1. The molecule has 0 aliphatic rings. The molecule has 4 heteroatoms. The summed E-state index contributed by atoms with van der Waals surface area (Å²) in [6.45, 7) is 6.68. The number of aryl methyl sites for hydroxylation is 3. The summed E-state index contributed by atoms with van der Waals surface area (Å²) in [6.07, 6.45) is 0.804. The van der Waals surface area contributed by atoms with E-state index in [9.17, 15) is 4.79 Å². The highest BCUT2D eigenvalue weighted by atomic mass is 79.9. The first-order valence-electron chi connectivity index (χ1n) is 7.33. The molecule has 2 aromatic carbocycles. The van der Waals surface area contributed by atoms with Gasteiger partial charge < -0.3 is 10.6 Å². The van der Waals surface area contributed by atoms with Crippen LogP contribution in [0.1, 0.15) is 22.3 Å². The number of hydrogen-bond donors (Lipinski definition) is 2. The average molecular weight is 361 g/mol. The molecule has 0 heterocycles. The number of nitrogens with one attached hydrogen (secondary N) is 2. The Kier molecular flexibility index (Phi) is 5.61. The van der Waals surface area contributed by atoms with Crippen LogP contribution in [0, 0.1) is 20.8 Å². The lowest BCUT2D eigenvalue weighted by Gasteiger charge is -2.13. The maximum Gasteiger partial charge on any atom is 0.319 e. The van der Waals surface area contributed by atoms with Gasteiger partial charge in [0.05, 0.1) is 0 Å². The van der Waals surface area contributed by atoms with Crippen LogP contribution in [0.15, 0.2) is 40.9 Å². The molecule has 3 nitrogen and oxygen atoms in total. The summed E-state index contributed by atoms with van der Waals surface area (Å²) < 4.78 is 1.06. The van der Waals surface area contributed by atoms with Gasteiger partial charge in [-0.25, -0.2) is 4.79 Å². The zero-order chi connectivity index (χ0) is 16.1. The van der Waals surface area contributed by atoms with E-state index in [1.165, 1.54) is 11.1 Å². The maximum absolute atomic E-state index is 12.0. The summed E-state index contributed by atoms with van der Waals surface area (Å²) in [5.74, 6) is 0. The van der Waals surface area contributed by atoms with Gasteiger partial charge in [0, 0.05) is 16.7 Å². The fourth-order valence-electron chi connectivity index (χ4n) is 2.55. The summed E-state index contributed by atoms with van der Waals surface area (Å²) in [5, 5.41) is 5.85. The van der Waals surface area contributed by atoms with E-state index in [0.717, 1.165) is 27.7 Å². The number of amides is 2. The van der Waals surface area contributed by atoms with Crippen LogP contribution in [0.3, 0.4) is 0 Å². The first kappa shape index (κ1) is 16.6. The van der Waals surface area contributed by atoms with Gasteiger partial charge in [-0.2, -0.15) is 0 Å². The van der Waals surface area contributed by atoms with Crippen molar-refractivity contribution in [2.24, 2.45) is 0 Å². The Morgan fingerprint density at radius 3 is 2.41 bits per heavy atom. The Bertz CT molecular complexity index is 660. The highest BCUT2D eigenvalue weighted by Crippen LogP contribution is 2.21. The predicted molar refractivity (Wildman–Crippen MR) is 95.5 cm³/mol. The Labute approximate surface area is 140 Å². The smallest absolute Gasteiger partial charge is 0.319 e. The number of urea groups is 1. The summed E-state index contributed by atoms with van der Waals surface area (Å²) >= 11 is 3.45. The van der Waals surface area contributed by atoms with E-state index in [0.29, 0.717) is 6.54 Å². The van der Waals surface area contributed by atoms with Gasteiger partial charge in [0.1, 0.15) is 0 Å². The predicted octanol–water partition coefficient (Wildman–Crippen LogP) is 4.74. The molecule has 2 aromatic rings. The lowest BCUT2D eigenvalue weighted by atomic mass is 10.1. The molecule has 0 saturated heterocycles. The molecule has 22 heavy (non-hydrogen) atoms. The molecule has 0 bridgehead atoms. The van der Waals surface area contributed by atoms with E-state index in [4.69, 9.17) is 0 Å².